The van der Waals surface area contributed by atoms with Crippen LogP contribution in [0.5, 0.6) is 5.75 Å². The van der Waals surface area contributed by atoms with Gasteiger partial charge in [0.05, 0.1) is 28.6 Å². The largest absolute Gasteiger partial charge is 0.484 e. The van der Waals surface area contributed by atoms with Gasteiger partial charge in [0.2, 0.25) is 5.91 Å². The van der Waals surface area contributed by atoms with Gasteiger partial charge in [0.1, 0.15) is 22.9 Å². The summed E-state index contributed by atoms with van der Waals surface area (Å²) < 4.78 is 67.3. The molecule has 14 heteroatoms. The van der Waals surface area contributed by atoms with E-state index in [-0.39, 0.29) is 23.6 Å². The number of sulfone groups is 1. The first-order valence-electron chi connectivity index (χ1n) is 12.0. The fourth-order valence-electron chi connectivity index (χ4n) is 5.15. The van der Waals surface area contributed by atoms with E-state index < -0.39 is 45.7 Å². The van der Waals surface area contributed by atoms with Crippen LogP contribution in [0.15, 0.2) is 42.5 Å². The van der Waals surface area contributed by atoms with Crippen LogP contribution in [0.1, 0.15) is 39.2 Å². The summed E-state index contributed by atoms with van der Waals surface area (Å²) in [5.41, 5.74) is 1.58. The molecule has 0 bridgehead atoms. The normalized spacial score (nSPS) is 18.0. The second-order valence-corrected chi connectivity index (χ2v) is 11.9. The lowest BCUT2D eigenvalue weighted by Crippen LogP contribution is -2.49. The van der Waals surface area contributed by atoms with Crippen LogP contribution in [0.3, 0.4) is 0 Å². The Balaban J connectivity index is 1.54. The van der Waals surface area contributed by atoms with Crippen molar-refractivity contribution in [3.05, 3.63) is 70.4 Å². The Hall–Kier alpha value is -4.38. The van der Waals surface area contributed by atoms with E-state index in [9.17, 15) is 36.4 Å². The summed E-state index contributed by atoms with van der Waals surface area (Å²) in [6.45, 7) is -1.42. The van der Waals surface area contributed by atoms with Crippen LogP contribution in [0.2, 0.25) is 0 Å². The van der Waals surface area contributed by atoms with Crippen LogP contribution < -0.4 is 15.4 Å². The minimum Gasteiger partial charge on any atom is -0.484 e. The zero-order valence-electron chi connectivity index (χ0n) is 21.0. The van der Waals surface area contributed by atoms with Crippen molar-refractivity contribution in [2.24, 2.45) is 0 Å². The van der Waals surface area contributed by atoms with Gasteiger partial charge in [-0.2, -0.15) is 23.5 Å². The zero-order chi connectivity index (χ0) is 28.9. The third kappa shape index (κ3) is 5.37. The third-order valence-electron chi connectivity index (χ3n) is 6.69. The highest BCUT2D eigenvalue weighted by Gasteiger charge is 2.47. The molecule has 0 saturated heterocycles. The molecule has 3 aromatic rings. The highest BCUT2D eigenvalue weighted by atomic mass is 32.2. The van der Waals surface area contributed by atoms with E-state index in [2.05, 4.69) is 15.7 Å². The molecule has 2 N–H and O–H groups in total. The molecule has 208 valence electrons. The maximum atomic E-state index is 13.6. The van der Waals surface area contributed by atoms with Crippen LogP contribution in [-0.2, 0) is 33.0 Å². The molecule has 0 unspecified atom stereocenters. The molecule has 2 heterocycles. The fraction of sp³-hybridized carbons (Fsp3) is 0.308. The topological polar surface area (TPSA) is 143 Å². The molecule has 1 spiro atoms. The monoisotopic (exact) mass is 573 g/mol. The third-order valence-corrected chi connectivity index (χ3v) is 7.48. The van der Waals surface area contributed by atoms with E-state index in [0.717, 1.165) is 17.4 Å². The van der Waals surface area contributed by atoms with Gasteiger partial charge in [-0.15, -0.1) is 0 Å². The number of anilines is 1. The van der Waals surface area contributed by atoms with Crippen molar-refractivity contribution < 1.29 is 35.9 Å². The predicted molar refractivity (Wildman–Crippen MR) is 136 cm³/mol. The SMILES string of the molecule is CS(=O)(=O)CC(=O)Nc1c2c(nn1-c1cccc(C#N)c1)C[C@]1(CCc3cc(OCC(F)(F)F)ccc31)NC2=O. The number of carbonyl (C=O) groups excluding carboxylic acids is 2. The summed E-state index contributed by atoms with van der Waals surface area (Å²) in [7, 11) is -3.68. The lowest BCUT2D eigenvalue weighted by atomic mass is 9.82. The van der Waals surface area contributed by atoms with E-state index in [1.165, 1.54) is 22.9 Å². The number of nitriles is 1. The van der Waals surface area contributed by atoms with Crippen molar-refractivity contribution in [2.45, 2.75) is 31.0 Å². The van der Waals surface area contributed by atoms with Gasteiger partial charge in [0, 0.05) is 12.7 Å². The Morgan fingerprint density at radius 1 is 1.27 bits per heavy atom. The first kappa shape index (κ1) is 27.2. The lowest BCUT2D eigenvalue weighted by molar-refractivity contribution is -0.153. The molecule has 1 aliphatic carbocycles. The number of carbonyl (C=O) groups is 2. The van der Waals surface area contributed by atoms with Crippen LogP contribution in [0.25, 0.3) is 5.69 Å². The summed E-state index contributed by atoms with van der Waals surface area (Å²) >= 11 is 0. The number of rotatable bonds is 6. The lowest BCUT2D eigenvalue weighted by Gasteiger charge is -2.35. The summed E-state index contributed by atoms with van der Waals surface area (Å²) in [6, 6.07) is 12.9. The van der Waals surface area contributed by atoms with Gasteiger partial charge in [-0.1, -0.05) is 12.1 Å². The van der Waals surface area contributed by atoms with Gasteiger partial charge in [-0.25, -0.2) is 13.1 Å². The highest BCUT2D eigenvalue weighted by molar-refractivity contribution is 7.91. The van der Waals surface area contributed by atoms with Crippen molar-refractivity contribution in [3.8, 4) is 17.5 Å². The molecule has 0 fully saturated rings. The number of ether oxygens (including phenoxy) is 1. The maximum absolute atomic E-state index is 13.6. The minimum atomic E-state index is -4.48. The molecule has 1 aliphatic heterocycles. The second kappa shape index (κ2) is 9.67. The van der Waals surface area contributed by atoms with Crippen molar-refractivity contribution in [1.29, 1.82) is 5.26 Å². The molecule has 2 amide bonds. The first-order chi connectivity index (χ1) is 18.8. The molecular weight excluding hydrogens is 551 g/mol. The number of alkyl halides is 3. The molecule has 1 aromatic heterocycles. The van der Waals surface area contributed by atoms with Gasteiger partial charge in [0.15, 0.2) is 16.4 Å². The average Bonchev–Trinajstić information content (AvgIpc) is 3.39. The number of amides is 2. The van der Waals surface area contributed by atoms with Crippen LogP contribution in [0.4, 0.5) is 19.0 Å². The molecule has 2 aliphatic rings. The fourth-order valence-corrected chi connectivity index (χ4v) is 5.69. The van der Waals surface area contributed by atoms with E-state index in [1.807, 2.05) is 6.07 Å². The number of halogens is 3. The molecule has 40 heavy (non-hydrogen) atoms. The minimum absolute atomic E-state index is 0.0415. The molecule has 10 nitrogen and oxygen atoms in total. The van der Waals surface area contributed by atoms with Crippen molar-refractivity contribution in [3.63, 3.8) is 0 Å². The Morgan fingerprint density at radius 3 is 2.75 bits per heavy atom. The smallest absolute Gasteiger partial charge is 0.422 e. The van der Waals surface area contributed by atoms with Gasteiger partial charge in [0.25, 0.3) is 5.91 Å². The number of fused-ring (bicyclic) bond motifs is 3. The van der Waals surface area contributed by atoms with E-state index in [4.69, 9.17) is 4.74 Å². The maximum Gasteiger partial charge on any atom is 0.422 e. The van der Waals surface area contributed by atoms with Crippen molar-refractivity contribution in [2.75, 3.05) is 23.9 Å². The van der Waals surface area contributed by atoms with Gasteiger partial charge >= 0.3 is 6.18 Å². The molecule has 0 saturated carbocycles. The van der Waals surface area contributed by atoms with Crippen LogP contribution in [0, 0.1) is 11.3 Å². The Bertz CT molecular complexity index is 1690. The number of aromatic nitrogens is 2. The van der Waals surface area contributed by atoms with Crippen LogP contribution >= 0.6 is 0 Å². The quantitative estimate of drug-likeness (QED) is 0.462. The Morgan fingerprint density at radius 2 is 2.05 bits per heavy atom. The van der Waals surface area contributed by atoms with Gasteiger partial charge < -0.3 is 15.4 Å². The number of nitrogens with zero attached hydrogens (tertiary/aromatic N) is 3. The predicted octanol–water partition coefficient (Wildman–Crippen LogP) is 2.80. The number of hydrogen-bond donors (Lipinski definition) is 2. The van der Waals surface area contributed by atoms with Crippen LogP contribution in [-0.4, -0.2) is 54.8 Å². The number of benzene rings is 2. The number of hydrogen-bond acceptors (Lipinski definition) is 7. The highest BCUT2D eigenvalue weighted by Crippen LogP contribution is 2.44. The first-order valence-corrected chi connectivity index (χ1v) is 14.1. The van der Waals surface area contributed by atoms with Gasteiger partial charge in [-0.05, 0) is 54.3 Å². The second-order valence-electron chi connectivity index (χ2n) is 9.80. The van der Waals surface area contributed by atoms with E-state index in [0.29, 0.717) is 29.8 Å². The Labute approximate surface area is 226 Å². The number of aryl methyl sites for hydroxylation is 1. The standard InChI is InChI=1S/C26H22F3N5O5S/c1-40(37,38)13-21(35)31-23-22-20(33-34(23)17-4-2-3-15(9-17)12-30)11-25(32-24(22)36)8-7-16-10-18(5-6-19(16)25)39-14-26(27,28)29/h2-6,9-10H,7-8,11,13-14H2,1H3,(H,31,35)(H,32,36)/t25-/m0/s1. The number of nitrogens with one attached hydrogen (secondary N) is 2. The van der Waals surface area contributed by atoms with Crippen molar-refractivity contribution >= 4 is 27.5 Å². The molecule has 1 atom stereocenters. The average molecular weight is 574 g/mol. The van der Waals surface area contributed by atoms with E-state index in [1.54, 1.807) is 24.3 Å². The Kier molecular flexibility index (Phi) is 6.57. The molecule has 2 aromatic carbocycles. The molecular formula is C26H22F3N5O5S. The molecule has 5 rings (SSSR count). The van der Waals surface area contributed by atoms with E-state index >= 15 is 0 Å². The van der Waals surface area contributed by atoms with Gasteiger partial charge in [-0.3, -0.25) is 9.59 Å². The molecule has 0 radical (unpaired) electrons. The zero-order valence-corrected chi connectivity index (χ0v) is 21.8. The summed E-state index contributed by atoms with van der Waals surface area (Å²) in [4.78, 5) is 26.1. The summed E-state index contributed by atoms with van der Waals surface area (Å²) in [5, 5.41) is 19.4. The summed E-state index contributed by atoms with van der Waals surface area (Å²) in [5.74, 6) is -2.23. The van der Waals surface area contributed by atoms with Crippen molar-refractivity contribution in [1.82, 2.24) is 15.1 Å². The summed E-state index contributed by atoms with van der Waals surface area (Å²) in [6.07, 6.45) is -2.46.